The van der Waals surface area contributed by atoms with Crippen molar-refractivity contribution in [2.45, 2.75) is 44.5 Å². The number of carbonyl (C=O) groups excluding carboxylic acids is 2. The van der Waals surface area contributed by atoms with Crippen LogP contribution in [-0.2, 0) is 24.3 Å². The number of carbonyl (C=O) groups is 2. The Morgan fingerprint density at radius 1 is 1.20 bits per heavy atom. The molecule has 12 nitrogen and oxygen atoms in total. The van der Waals surface area contributed by atoms with Gasteiger partial charge in [-0.1, -0.05) is 28.1 Å². The minimum absolute atomic E-state index is 0.0531. The average molecular weight is 628 g/mol. The molecule has 0 saturated carbocycles. The summed E-state index contributed by atoms with van der Waals surface area (Å²) in [6.45, 7) is 3.13. The number of pyridine rings is 1. The number of amides is 3. The van der Waals surface area contributed by atoms with Crippen LogP contribution in [0.4, 0.5) is 16.3 Å². The summed E-state index contributed by atoms with van der Waals surface area (Å²) in [6, 6.07) is 10.7. The molecule has 5 rings (SSSR count). The molecule has 13 heteroatoms. The average Bonchev–Trinajstić information content (AvgIpc) is 3.32. The van der Waals surface area contributed by atoms with E-state index >= 15 is 0 Å². The molecule has 0 aliphatic carbocycles. The molecule has 4 heterocycles. The van der Waals surface area contributed by atoms with Gasteiger partial charge >= 0.3 is 6.03 Å². The van der Waals surface area contributed by atoms with Crippen molar-refractivity contribution >= 4 is 39.9 Å². The fourth-order valence-corrected chi connectivity index (χ4v) is 5.94. The van der Waals surface area contributed by atoms with Crippen molar-refractivity contribution < 1.29 is 19.4 Å². The van der Waals surface area contributed by atoms with Gasteiger partial charge in [-0.25, -0.2) is 4.79 Å². The number of methoxy groups -OCH3 is 1. The highest BCUT2D eigenvalue weighted by Gasteiger charge is 2.30. The number of nitrogens with two attached hydrogens (primary N) is 2. The highest BCUT2D eigenvalue weighted by molar-refractivity contribution is 9.10. The van der Waals surface area contributed by atoms with Crippen LogP contribution in [0.2, 0.25) is 0 Å². The number of halogens is 1. The summed E-state index contributed by atoms with van der Waals surface area (Å²) in [6.07, 6.45) is 2.18. The Labute approximate surface area is 247 Å². The summed E-state index contributed by atoms with van der Waals surface area (Å²) in [5.41, 5.74) is 15.8. The summed E-state index contributed by atoms with van der Waals surface area (Å²) < 4.78 is 8.05. The Kier molecular flexibility index (Phi) is 8.76. The number of hydrogen-bond donors (Lipinski definition) is 3. The molecule has 1 fully saturated rings. The first-order valence-corrected chi connectivity index (χ1v) is 14.4. The number of likely N-dealkylation sites (tertiary alicyclic amines) is 1. The van der Waals surface area contributed by atoms with E-state index in [0.29, 0.717) is 63.1 Å². The van der Waals surface area contributed by atoms with E-state index in [1.54, 1.807) is 21.9 Å². The standard InChI is InChI=1S/C28H35BrN8O4/c1-41-25-7-6-23(30)27(32-25)36(17-38)20-8-11-34(12-9-20)14-21(39)15-37-24-10-13-35(28(31)40)16-22(24)26(33-37)18-2-4-19(29)5-3-18/h2-7,17,20-21,39H,8-16,30H2,1H3,(H2,31,40). The first-order chi connectivity index (χ1) is 19.8. The van der Waals surface area contributed by atoms with Crippen LogP contribution in [0.5, 0.6) is 5.88 Å². The summed E-state index contributed by atoms with van der Waals surface area (Å²) in [4.78, 5) is 33.7. The second-order valence-corrected chi connectivity index (χ2v) is 11.4. The predicted molar refractivity (Wildman–Crippen MR) is 158 cm³/mol. The van der Waals surface area contributed by atoms with Gasteiger partial charge in [0.25, 0.3) is 0 Å². The maximum absolute atomic E-state index is 12.0. The SMILES string of the molecule is COc1ccc(N)c(N(C=O)C2CCN(CC(O)Cn3nc(-c4ccc(Br)cc4)c4c3CCN(C(N)=O)C4)CC2)n1. The number of nitrogens with zero attached hydrogens (tertiary/aromatic N) is 6. The highest BCUT2D eigenvalue weighted by Crippen LogP contribution is 2.32. The van der Waals surface area contributed by atoms with Gasteiger partial charge in [0.15, 0.2) is 5.82 Å². The molecule has 1 atom stereocenters. The van der Waals surface area contributed by atoms with Crippen molar-refractivity contribution in [3.05, 3.63) is 52.1 Å². The quantitative estimate of drug-likeness (QED) is 0.305. The van der Waals surface area contributed by atoms with Crippen LogP contribution in [0.15, 0.2) is 40.9 Å². The number of rotatable bonds is 9. The number of aliphatic hydroxyl groups is 1. The minimum Gasteiger partial charge on any atom is -0.481 e. The molecule has 41 heavy (non-hydrogen) atoms. The van der Waals surface area contributed by atoms with E-state index in [2.05, 4.69) is 25.8 Å². The van der Waals surface area contributed by atoms with Gasteiger partial charge in [-0.2, -0.15) is 10.1 Å². The number of aromatic nitrogens is 3. The summed E-state index contributed by atoms with van der Waals surface area (Å²) in [5, 5.41) is 16.0. The lowest BCUT2D eigenvalue weighted by Crippen LogP contribution is -2.47. The second-order valence-electron chi connectivity index (χ2n) is 10.4. The van der Waals surface area contributed by atoms with E-state index in [9.17, 15) is 14.7 Å². The normalized spacial score (nSPS) is 16.7. The van der Waals surface area contributed by atoms with Gasteiger partial charge in [0.05, 0.1) is 37.7 Å². The van der Waals surface area contributed by atoms with Crippen LogP contribution in [0.25, 0.3) is 11.3 Å². The Bertz CT molecular complexity index is 1390. The first kappa shape index (κ1) is 28.8. The lowest BCUT2D eigenvalue weighted by Gasteiger charge is -2.37. The van der Waals surface area contributed by atoms with Crippen LogP contribution >= 0.6 is 15.9 Å². The molecular formula is C28H35BrN8O4. The highest BCUT2D eigenvalue weighted by atomic mass is 79.9. The number of nitrogen functional groups attached to an aromatic ring is 1. The monoisotopic (exact) mass is 626 g/mol. The van der Waals surface area contributed by atoms with Crippen LogP contribution in [-0.4, -0.2) is 87.5 Å². The number of hydrogen-bond acceptors (Lipinski definition) is 8. The van der Waals surface area contributed by atoms with Crippen molar-refractivity contribution in [2.24, 2.45) is 5.73 Å². The molecule has 2 aliphatic heterocycles. The van der Waals surface area contributed by atoms with Crippen molar-refractivity contribution in [3.8, 4) is 17.1 Å². The summed E-state index contributed by atoms with van der Waals surface area (Å²) >= 11 is 3.48. The van der Waals surface area contributed by atoms with Crippen LogP contribution in [0, 0.1) is 0 Å². The molecule has 1 unspecified atom stereocenters. The number of piperidine rings is 1. The smallest absolute Gasteiger partial charge is 0.315 e. The molecule has 5 N–H and O–H groups in total. The number of primary amides is 1. The number of anilines is 2. The third-order valence-electron chi connectivity index (χ3n) is 7.81. The van der Waals surface area contributed by atoms with Crippen molar-refractivity contribution in [3.63, 3.8) is 0 Å². The fourth-order valence-electron chi connectivity index (χ4n) is 5.68. The maximum Gasteiger partial charge on any atom is 0.315 e. The van der Waals surface area contributed by atoms with E-state index in [1.807, 2.05) is 28.9 Å². The van der Waals surface area contributed by atoms with E-state index in [4.69, 9.17) is 21.3 Å². The molecule has 1 saturated heterocycles. The second kappa shape index (κ2) is 12.5. The maximum atomic E-state index is 12.0. The van der Waals surface area contributed by atoms with Crippen LogP contribution < -0.4 is 21.1 Å². The number of β-amino-alcohol motifs (C(OH)–C–C–N with tert-alkyl or cyclic N) is 1. The first-order valence-electron chi connectivity index (χ1n) is 13.6. The molecular weight excluding hydrogens is 592 g/mol. The number of fused-ring (bicyclic) bond motifs is 1. The Morgan fingerprint density at radius 2 is 1.93 bits per heavy atom. The topological polar surface area (TPSA) is 156 Å². The van der Waals surface area contributed by atoms with Crippen molar-refractivity contribution in [2.75, 3.05) is 43.9 Å². The Hall–Kier alpha value is -3.68. The number of urea groups is 1. The minimum atomic E-state index is -0.652. The zero-order valence-electron chi connectivity index (χ0n) is 22.9. The largest absolute Gasteiger partial charge is 0.481 e. The van der Waals surface area contributed by atoms with E-state index < -0.39 is 12.1 Å². The van der Waals surface area contributed by atoms with E-state index in [1.165, 1.54) is 7.11 Å². The van der Waals surface area contributed by atoms with Gasteiger partial charge in [-0.3, -0.25) is 14.4 Å². The predicted octanol–water partition coefficient (Wildman–Crippen LogP) is 2.22. The van der Waals surface area contributed by atoms with Crippen molar-refractivity contribution in [1.82, 2.24) is 24.6 Å². The molecule has 0 bridgehead atoms. The number of aliphatic hydroxyl groups excluding tert-OH is 1. The fraction of sp³-hybridized carbons (Fsp3) is 0.429. The Balaban J connectivity index is 1.25. The van der Waals surface area contributed by atoms with Gasteiger partial charge in [0.2, 0.25) is 12.3 Å². The molecule has 2 aromatic heterocycles. The zero-order valence-corrected chi connectivity index (χ0v) is 24.5. The van der Waals surface area contributed by atoms with E-state index in [0.717, 1.165) is 46.2 Å². The van der Waals surface area contributed by atoms with Gasteiger partial charge in [0.1, 0.15) is 0 Å². The Morgan fingerprint density at radius 3 is 2.59 bits per heavy atom. The zero-order chi connectivity index (χ0) is 29.1. The molecule has 3 aromatic rings. The summed E-state index contributed by atoms with van der Waals surface area (Å²) in [5.74, 6) is 0.797. The third-order valence-corrected chi connectivity index (χ3v) is 8.34. The molecule has 1 aromatic carbocycles. The number of ether oxygens (including phenoxy) is 1. The molecule has 2 aliphatic rings. The number of benzene rings is 1. The van der Waals surface area contributed by atoms with Gasteiger partial charge in [0, 0.05) is 66.0 Å². The summed E-state index contributed by atoms with van der Waals surface area (Å²) in [7, 11) is 1.52. The van der Waals surface area contributed by atoms with Crippen molar-refractivity contribution in [1.29, 1.82) is 0 Å². The molecule has 3 amide bonds. The molecule has 0 radical (unpaired) electrons. The van der Waals surface area contributed by atoms with Crippen LogP contribution in [0.3, 0.4) is 0 Å². The molecule has 0 spiro atoms. The molecule has 218 valence electrons. The van der Waals surface area contributed by atoms with Gasteiger partial charge in [-0.05, 0) is 31.0 Å². The lowest BCUT2D eigenvalue weighted by atomic mass is 10.0. The van der Waals surface area contributed by atoms with Crippen LogP contribution in [0.1, 0.15) is 24.1 Å². The lowest BCUT2D eigenvalue weighted by molar-refractivity contribution is -0.108. The van der Waals surface area contributed by atoms with Gasteiger partial charge < -0.3 is 31.1 Å². The third kappa shape index (κ3) is 6.31. The van der Waals surface area contributed by atoms with Gasteiger partial charge in [-0.15, -0.1) is 0 Å². The van der Waals surface area contributed by atoms with E-state index in [-0.39, 0.29) is 6.04 Å².